The fourth-order valence-corrected chi connectivity index (χ4v) is 6.20. The van der Waals surface area contributed by atoms with E-state index in [-0.39, 0.29) is 32.5 Å². The van der Waals surface area contributed by atoms with Crippen LogP contribution in [0.4, 0.5) is 8.78 Å². The molecule has 16 nitrogen and oxygen atoms in total. The van der Waals surface area contributed by atoms with Crippen molar-refractivity contribution in [2.45, 2.75) is 118 Å². The van der Waals surface area contributed by atoms with E-state index in [0.29, 0.717) is 19.4 Å². The third kappa shape index (κ3) is 7.81. The average Bonchev–Trinajstić information content (AvgIpc) is 3.41. The van der Waals surface area contributed by atoms with Crippen LogP contribution in [0.3, 0.4) is 0 Å². The van der Waals surface area contributed by atoms with E-state index in [1.54, 1.807) is 7.05 Å². The summed E-state index contributed by atoms with van der Waals surface area (Å²) in [5.74, 6) is -1.50. The molecule has 3 aliphatic heterocycles. The first-order chi connectivity index (χ1) is 20.7. The molecule has 1 amide bonds. The molecule has 6 unspecified atom stereocenters. The van der Waals surface area contributed by atoms with Gasteiger partial charge in [0.15, 0.2) is 24.0 Å². The van der Waals surface area contributed by atoms with Gasteiger partial charge in [-0.25, -0.2) is 8.78 Å². The molecule has 0 spiro atoms. The van der Waals surface area contributed by atoms with Gasteiger partial charge >= 0.3 is 0 Å². The molecule has 3 heterocycles. The van der Waals surface area contributed by atoms with Crippen molar-refractivity contribution in [1.82, 2.24) is 16.0 Å². The Bertz CT molecular complexity index is 1010. The first-order valence-corrected chi connectivity index (χ1v) is 14.8. The van der Waals surface area contributed by atoms with E-state index < -0.39 is 96.6 Å². The van der Waals surface area contributed by atoms with Crippen molar-refractivity contribution in [3.63, 3.8) is 0 Å². The number of carbonyl (C=O) groups is 1. The van der Waals surface area contributed by atoms with E-state index in [4.69, 9.17) is 36.1 Å². The predicted molar refractivity (Wildman–Crippen MR) is 150 cm³/mol. The van der Waals surface area contributed by atoms with Crippen molar-refractivity contribution >= 4 is 11.7 Å². The largest absolute Gasteiger partial charge is 0.388 e. The number of ether oxygens (including phenoxy) is 4. The second-order valence-corrected chi connectivity index (χ2v) is 12.4. The average molecular weight is 640 g/mol. The van der Waals surface area contributed by atoms with Gasteiger partial charge in [0.1, 0.15) is 30.0 Å². The first kappa shape index (κ1) is 35.2. The van der Waals surface area contributed by atoms with Gasteiger partial charge in [0.2, 0.25) is 0 Å². The first-order valence-electron chi connectivity index (χ1n) is 14.8. The molecular weight excluding hydrogens is 592 g/mol. The van der Waals surface area contributed by atoms with Crippen LogP contribution in [0.25, 0.3) is 0 Å². The number of rotatable bonds is 10. The summed E-state index contributed by atoms with van der Waals surface area (Å²) in [7, 11) is 1.55. The number of nitrogens with zero attached hydrogens (tertiary/aromatic N) is 1. The molecule has 3 saturated heterocycles. The molecule has 254 valence electrons. The lowest BCUT2D eigenvalue weighted by Crippen LogP contribution is -2.70. The van der Waals surface area contributed by atoms with Gasteiger partial charge in [0.25, 0.3) is 12.3 Å². The number of β-amino-alcohol motifs (C(OH)–C–C–N with tert-alkyl or cyclic N) is 1. The minimum Gasteiger partial charge on any atom is -0.388 e. The summed E-state index contributed by atoms with van der Waals surface area (Å²) >= 11 is 0. The number of likely N-dealkylation sites (N-methyl/N-ethyl adjacent to an activating group) is 1. The van der Waals surface area contributed by atoms with Crippen LogP contribution in [0.15, 0.2) is 4.99 Å². The Morgan fingerprint density at radius 3 is 2.48 bits per heavy atom. The monoisotopic (exact) mass is 639 g/mol. The zero-order valence-corrected chi connectivity index (χ0v) is 24.9. The highest BCUT2D eigenvalue weighted by Crippen LogP contribution is 2.32. The molecule has 0 aromatic carbocycles. The van der Waals surface area contributed by atoms with Crippen LogP contribution in [0.1, 0.15) is 32.6 Å². The van der Waals surface area contributed by atoms with Gasteiger partial charge in [-0.05, 0) is 46.2 Å². The van der Waals surface area contributed by atoms with Gasteiger partial charge in [0, 0.05) is 12.6 Å². The molecule has 1 aliphatic carbocycles. The molecular formula is C26H47F2N7O9. The van der Waals surface area contributed by atoms with E-state index >= 15 is 0 Å². The highest BCUT2D eigenvalue weighted by Gasteiger charge is 2.52. The molecule has 44 heavy (non-hydrogen) atoms. The van der Waals surface area contributed by atoms with Crippen LogP contribution in [0.5, 0.6) is 0 Å². The SMILES string of the molecule is CN[C@@H]1C(O)[C@@H](OC2C(O)C(O[C@H]3O[C@H](CN=C(N)C(F)F)CCC3N)[C@@H](N)C[C@H]2NC(=O)[C@@]2(O)CCNC2)OCC1(C)O. The fourth-order valence-electron chi connectivity index (χ4n) is 6.20. The quantitative estimate of drug-likeness (QED) is 0.0799. The molecule has 0 bridgehead atoms. The Morgan fingerprint density at radius 2 is 1.84 bits per heavy atom. The Morgan fingerprint density at radius 1 is 1.14 bits per heavy atom. The number of aliphatic imine (C=N–C) groups is 1. The number of halogens is 2. The Balaban J connectivity index is 1.52. The molecule has 1 saturated carbocycles. The number of nitrogens with one attached hydrogen (secondary N) is 3. The lowest BCUT2D eigenvalue weighted by molar-refractivity contribution is -0.307. The molecule has 13 N–H and O–H groups in total. The molecule has 0 radical (unpaired) electrons. The zero-order valence-electron chi connectivity index (χ0n) is 24.9. The number of aliphatic hydroxyl groups is 4. The van der Waals surface area contributed by atoms with Gasteiger partial charge < -0.3 is 72.5 Å². The Hall–Kier alpha value is -1.68. The standard InChI is InChI=1S/C26H47F2N7O9/c1-25(39)10-41-23(16(37)19(25)32-2)44-18-14(35-24(38)26(40)5-6-33-9-26)7-13(30)17(15(18)36)43-22-12(29)4-3-11(42-22)8-34-21(31)20(27)28/h11-20,22-23,32-33,36-37,39-40H,3-10,29-30H2,1-2H3,(H2,31,34)(H,35,38)/t11-,12?,13-,14+,15?,16?,17?,18?,19+,22+,23+,25?,26+/m0/s1. The number of aliphatic hydroxyl groups excluding tert-OH is 2. The summed E-state index contributed by atoms with van der Waals surface area (Å²) in [4.78, 5) is 16.8. The summed E-state index contributed by atoms with van der Waals surface area (Å²) in [6.07, 6.45) is -10.3. The third-order valence-corrected chi connectivity index (χ3v) is 8.81. The van der Waals surface area contributed by atoms with E-state index in [1.165, 1.54) is 6.92 Å². The highest BCUT2D eigenvalue weighted by molar-refractivity contribution is 5.86. The number of hydrogen-bond acceptors (Lipinski definition) is 14. The lowest BCUT2D eigenvalue weighted by Gasteiger charge is -2.49. The number of carbonyl (C=O) groups excluding carboxylic acids is 1. The maximum absolute atomic E-state index is 13.1. The van der Waals surface area contributed by atoms with E-state index in [9.17, 15) is 34.0 Å². The maximum Gasteiger partial charge on any atom is 0.294 e. The van der Waals surface area contributed by atoms with Crippen LogP contribution < -0.4 is 33.2 Å². The summed E-state index contributed by atoms with van der Waals surface area (Å²) in [5, 5.41) is 52.5. The minimum absolute atomic E-state index is 0.0121. The smallest absolute Gasteiger partial charge is 0.294 e. The van der Waals surface area contributed by atoms with Gasteiger partial charge in [0.05, 0.1) is 37.4 Å². The minimum atomic E-state index is -2.90. The predicted octanol–water partition coefficient (Wildman–Crippen LogP) is -4.43. The molecule has 0 aromatic rings. The summed E-state index contributed by atoms with van der Waals surface area (Å²) in [5.41, 5.74) is 14.8. The normalized spacial score (nSPS) is 45.4. The lowest BCUT2D eigenvalue weighted by atomic mass is 9.83. The third-order valence-electron chi connectivity index (χ3n) is 8.81. The Kier molecular flexibility index (Phi) is 11.5. The second kappa shape index (κ2) is 14.4. The van der Waals surface area contributed by atoms with E-state index in [2.05, 4.69) is 20.9 Å². The van der Waals surface area contributed by atoms with Gasteiger partial charge in [-0.2, -0.15) is 0 Å². The summed E-state index contributed by atoms with van der Waals surface area (Å²) in [6, 6.07) is -3.35. The van der Waals surface area contributed by atoms with Crippen LogP contribution in [-0.2, 0) is 23.7 Å². The van der Waals surface area contributed by atoms with Crippen molar-refractivity contribution in [3.05, 3.63) is 0 Å². The van der Waals surface area contributed by atoms with Crippen molar-refractivity contribution in [2.24, 2.45) is 22.2 Å². The van der Waals surface area contributed by atoms with E-state index in [0.717, 1.165) is 0 Å². The topological polar surface area (TPSA) is 261 Å². The highest BCUT2D eigenvalue weighted by atomic mass is 19.3. The molecule has 18 heteroatoms. The van der Waals surface area contributed by atoms with Crippen LogP contribution in [0.2, 0.25) is 0 Å². The van der Waals surface area contributed by atoms with Crippen LogP contribution in [-0.4, -0.2) is 150 Å². The molecule has 4 aliphatic rings. The number of alkyl halides is 2. The number of nitrogens with two attached hydrogens (primary N) is 3. The van der Waals surface area contributed by atoms with Gasteiger partial charge in [-0.15, -0.1) is 0 Å². The van der Waals surface area contributed by atoms with Crippen LogP contribution >= 0.6 is 0 Å². The van der Waals surface area contributed by atoms with Gasteiger partial charge in [-0.3, -0.25) is 9.79 Å². The molecule has 0 aromatic heterocycles. The molecule has 4 rings (SSSR count). The van der Waals surface area contributed by atoms with Crippen molar-refractivity contribution < 1.29 is 52.9 Å². The second-order valence-electron chi connectivity index (χ2n) is 12.4. The van der Waals surface area contributed by atoms with E-state index in [1.807, 2.05) is 0 Å². The zero-order chi connectivity index (χ0) is 32.4. The number of amidine groups is 1. The number of hydrogen-bond donors (Lipinski definition) is 10. The fraction of sp³-hybridized carbons (Fsp3) is 0.923. The maximum atomic E-state index is 13.1. The molecule has 4 fully saturated rings. The number of amides is 1. The summed E-state index contributed by atoms with van der Waals surface area (Å²) < 4.78 is 49.2. The molecule has 13 atom stereocenters. The van der Waals surface area contributed by atoms with Crippen molar-refractivity contribution in [3.8, 4) is 0 Å². The van der Waals surface area contributed by atoms with Gasteiger partial charge in [-0.1, -0.05) is 0 Å². The van der Waals surface area contributed by atoms with Crippen molar-refractivity contribution in [2.75, 3.05) is 33.3 Å². The van der Waals surface area contributed by atoms with Crippen LogP contribution in [0, 0.1) is 0 Å². The van der Waals surface area contributed by atoms with Crippen molar-refractivity contribution in [1.29, 1.82) is 0 Å². The summed E-state index contributed by atoms with van der Waals surface area (Å²) in [6.45, 7) is 1.59. The Labute approximate surface area is 254 Å².